The van der Waals surface area contributed by atoms with E-state index in [0.717, 1.165) is 33.9 Å². The van der Waals surface area contributed by atoms with Gasteiger partial charge in [-0.05, 0) is 132 Å². The summed E-state index contributed by atoms with van der Waals surface area (Å²) in [6.45, 7) is 0. The molecule has 0 aliphatic heterocycles. The number of para-hydroxylation sites is 1. The van der Waals surface area contributed by atoms with Gasteiger partial charge in [0, 0.05) is 33.2 Å². The van der Waals surface area contributed by atoms with Gasteiger partial charge in [0.05, 0.1) is 16.7 Å². The Balaban J connectivity index is 0.987. The van der Waals surface area contributed by atoms with Crippen LogP contribution < -0.4 is 4.90 Å². The predicted molar refractivity (Wildman–Crippen MR) is 290 cm³/mol. The standard InChI is InChI=1S/C66H44N2/c1-3-17-45(18-4-1)50-24-15-25-54(42-50)67(64-40-38-60(59-28-11-12-29-61(59)64)58-31-16-23-48-21-7-9-26-56(48)58)53-36-33-47(34-37-53)52-41-51(46-19-5-2-6-20-46)43-55(44-52)68-63-32-14-13-30-62(63)66-57-27-10-8-22-49(57)35-39-65(66)68/h1-44H. The van der Waals surface area contributed by atoms with Gasteiger partial charge in [-0.1, -0.05) is 206 Å². The molecule has 0 fully saturated rings. The molecule has 2 heteroatoms. The largest absolute Gasteiger partial charge is 0.310 e. The normalized spacial score (nSPS) is 11.5. The Hall–Kier alpha value is -8.98. The van der Waals surface area contributed by atoms with E-state index in [1.165, 1.54) is 87.5 Å². The number of aromatic nitrogens is 1. The van der Waals surface area contributed by atoms with Crippen molar-refractivity contribution in [3.63, 3.8) is 0 Å². The molecule has 13 rings (SSSR count). The molecule has 0 unspecified atom stereocenters. The number of nitrogens with zero attached hydrogens (tertiary/aromatic N) is 2. The molecule has 1 heterocycles. The predicted octanol–water partition coefficient (Wildman–Crippen LogP) is 18.4. The van der Waals surface area contributed by atoms with Crippen LogP contribution in [0.25, 0.3) is 104 Å². The highest BCUT2D eigenvalue weighted by Crippen LogP contribution is 2.45. The fourth-order valence-electron chi connectivity index (χ4n) is 10.6. The summed E-state index contributed by atoms with van der Waals surface area (Å²) in [6.07, 6.45) is 0. The topological polar surface area (TPSA) is 8.17 Å². The average molecular weight is 865 g/mol. The third-order valence-electron chi connectivity index (χ3n) is 13.7. The molecular formula is C66H44N2. The molecule has 0 amide bonds. The highest BCUT2D eigenvalue weighted by Gasteiger charge is 2.20. The first kappa shape index (κ1) is 39.4. The van der Waals surface area contributed by atoms with E-state index in [-0.39, 0.29) is 0 Å². The average Bonchev–Trinajstić information content (AvgIpc) is 3.76. The van der Waals surface area contributed by atoms with E-state index in [4.69, 9.17) is 0 Å². The van der Waals surface area contributed by atoms with Crippen LogP contribution in [0, 0.1) is 0 Å². The molecule has 68 heavy (non-hydrogen) atoms. The van der Waals surface area contributed by atoms with Crippen LogP contribution >= 0.6 is 0 Å². The first-order valence-electron chi connectivity index (χ1n) is 23.4. The van der Waals surface area contributed by atoms with Crippen molar-refractivity contribution in [1.82, 2.24) is 4.57 Å². The number of rotatable bonds is 8. The minimum absolute atomic E-state index is 1.08. The Morgan fingerprint density at radius 3 is 1.56 bits per heavy atom. The summed E-state index contributed by atoms with van der Waals surface area (Å²) >= 11 is 0. The molecule has 0 atom stereocenters. The van der Waals surface area contributed by atoms with E-state index in [1.54, 1.807) is 0 Å². The van der Waals surface area contributed by atoms with Gasteiger partial charge in [0.25, 0.3) is 0 Å². The molecule has 318 valence electrons. The van der Waals surface area contributed by atoms with Gasteiger partial charge in [-0.2, -0.15) is 0 Å². The zero-order chi connectivity index (χ0) is 45.0. The molecule has 1 aromatic heterocycles. The molecule has 0 bridgehead atoms. The molecule has 12 aromatic carbocycles. The Morgan fingerprint density at radius 1 is 0.265 bits per heavy atom. The third kappa shape index (κ3) is 6.73. The maximum atomic E-state index is 2.45. The number of hydrogen-bond donors (Lipinski definition) is 0. The SMILES string of the molecule is c1ccc(-c2cccc(N(c3ccc(-c4cc(-c5ccccc5)cc(-n5c6ccccc6c6c7ccccc7ccc65)c4)cc3)c3ccc(-c4cccc5ccccc45)c4ccccc34)c2)cc1. The van der Waals surface area contributed by atoms with E-state index in [0.29, 0.717) is 0 Å². The van der Waals surface area contributed by atoms with Gasteiger partial charge in [0.2, 0.25) is 0 Å². The van der Waals surface area contributed by atoms with Crippen LogP contribution in [0.4, 0.5) is 17.1 Å². The summed E-state index contributed by atoms with van der Waals surface area (Å²) in [5.74, 6) is 0. The van der Waals surface area contributed by atoms with Crippen molar-refractivity contribution >= 4 is 71.2 Å². The van der Waals surface area contributed by atoms with E-state index in [2.05, 4.69) is 276 Å². The van der Waals surface area contributed by atoms with Gasteiger partial charge >= 0.3 is 0 Å². The summed E-state index contributed by atoms with van der Waals surface area (Å²) in [5.41, 5.74) is 16.3. The Labute approximate surface area is 395 Å². The number of hydrogen-bond acceptors (Lipinski definition) is 1. The second-order valence-electron chi connectivity index (χ2n) is 17.7. The van der Waals surface area contributed by atoms with Crippen LogP contribution in [0.5, 0.6) is 0 Å². The molecular weight excluding hydrogens is 821 g/mol. The molecule has 0 saturated carbocycles. The highest BCUT2D eigenvalue weighted by molar-refractivity contribution is 6.21. The van der Waals surface area contributed by atoms with Crippen LogP contribution in [-0.2, 0) is 0 Å². The zero-order valence-corrected chi connectivity index (χ0v) is 37.3. The second kappa shape index (κ2) is 16.5. The highest BCUT2D eigenvalue weighted by atomic mass is 15.1. The lowest BCUT2D eigenvalue weighted by atomic mass is 9.92. The summed E-state index contributed by atoms with van der Waals surface area (Å²) < 4.78 is 2.45. The zero-order valence-electron chi connectivity index (χ0n) is 37.3. The lowest BCUT2D eigenvalue weighted by molar-refractivity contribution is 1.18. The third-order valence-corrected chi connectivity index (χ3v) is 13.7. The van der Waals surface area contributed by atoms with Gasteiger partial charge in [-0.3, -0.25) is 0 Å². The molecule has 0 N–H and O–H groups in total. The molecule has 0 radical (unpaired) electrons. The lowest BCUT2D eigenvalue weighted by Gasteiger charge is -2.28. The van der Waals surface area contributed by atoms with E-state index in [1.807, 2.05) is 0 Å². The van der Waals surface area contributed by atoms with Gasteiger partial charge in [0.1, 0.15) is 0 Å². The van der Waals surface area contributed by atoms with E-state index < -0.39 is 0 Å². The maximum Gasteiger partial charge on any atom is 0.0547 e. The second-order valence-corrected chi connectivity index (χ2v) is 17.7. The fraction of sp³-hybridized carbons (Fsp3) is 0. The molecule has 0 aliphatic rings. The summed E-state index contributed by atoms with van der Waals surface area (Å²) in [6, 6.07) is 97.6. The summed E-state index contributed by atoms with van der Waals surface area (Å²) in [4.78, 5) is 2.43. The van der Waals surface area contributed by atoms with E-state index in [9.17, 15) is 0 Å². The Morgan fingerprint density at radius 2 is 0.809 bits per heavy atom. The maximum absolute atomic E-state index is 2.45. The molecule has 0 aliphatic carbocycles. The van der Waals surface area contributed by atoms with E-state index >= 15 is 0 Å². The van der Waals surface area contributed by atoms with Crippen LogP contribution in [-0.4, -0.2) is 4.57 Å². The van der Waals surface area contributed by atoms with Crippen LogP contribution in [0.3, 0.4) is 0 Å². The summed E-state index contributed by atoms with van der Waals surface area (Å²) in [7, 11) is 0. The molecule has 13 aromatic rings. The van der Waals surface area contributed by atoms with Crippen molar-refractivity contribution < 1.29 is 0 Å². The smallest absolute Gasteiger partial charge is 0.0547 e. The van der Waals surface area contributed by atoms with Crippen molar-refractivity contribution in [3.8, 4) is 50.2 Å². The van der Waals surface area contributed by atoms with Gasteiger partial charge in [-0.15, -0.1) is 0 Å². The first-order valence-corrected chi connectivity index (χ1v) is 23.4. The van der Waals surface area contributed by atoms with Crippen molar-refractivity contribution in [2.75, 3.05) is 4.90 Å². The fourth-order valence-corrected chi connectivity index (χ4v) is 10.6. The Bertz CT molecular complexity index is 4010. The summed E-state index contributed by atoms with van der Waals surface area (Å²) in [5, 5.41) is 9.94. The minimum Gasteiger partial charge on any atom is -0.310 e. The molecule has 0 saturated heterocycles. The van der Waals surface area contributed by atoms with Gasteiger partial charge < -0.3 is 9.47 Å². The van der Waals surface area contributed by atoms with Crippen LogP contribution in [0.2, 0.25) is 0 Å². The number of fused-ring (bicyclic) bond motifs is 7. The number of benzene rings is 12. The number of anilines is 3. The van der Waals surface area contributed by atoms with Gasteiger partial charge in [-0.25, -0.2) is 0 Å². The minimum atomic E-state index is 1.08. The van der Waals surface area contributed by atoms with Crippen LogP contribution in [0.15, 0.2) is 267 Å². The monoisotopic (exact) mass is 864 g/mol. The van der Waals surface area contributed by atoms with Crippen molar-refractivity contribution in [3.05, 3.63) is 267 Å². The Kier molecular flexibility index (Phi) is 9.54. The van der Waals surface area contributed by atoms with Gasteiger partial charge in [0.15, 0.2) is 0 Å². The first-order chi connectivity index (χ1) is 33.7. The molecule has 2 nitrogen and oxygen atoms in total. The quantitative estimate of drug-likeness (QED) is 0.148. The van der Waals surface area contributed by atoms with Crippen molar-refractivity contribution in [1.29, 1.82) is 0 Å². The lowest BCUT2D eigenvalue weighted by Crippen LogP contribution is -2.11. The van der Waals surface area contributed by atoms with Crippen LogP contribution in [0.1, 0.15) is 0 Å². The molecule has 0 spiro atoms. The van der Waals surface area contributed by atoms with Crippen molar-refractivity contribution in [2.45, 2.75) is 0 Å². The van der Waals surface area contributed by atoms with Crippen molar-refractivity contribution in [2.24, 2.45) is 0 Å².